The van der Waals surface area contributed by atoms with Crippen molar-refractivity contribution in [2.45, 2.75) is 52.4 Å². The van der Waals surface area contributed by atoms with Crippen LogP contribution in [0.4, 0.5) is 4.39 Å². The molecule has 0 spiro atoms. The number of amides is 1. The van der Waals surface area contributed by atoms with Gasteiger partial charge in [0.2, 0.25) is 0 Å². The number of ketones is 1. The number of carbonyl (C=O) groups is 2. The SMILES string of the molecule is CC(C)OCCCN1C(=O)C(=O)/C(=C(\O)c2ccc(OC(C)C)cc2)C1c1ccc(F)cc1. The molecule has 1 aliphatic heterocycles. The summed E-state index contributed by atoms with van der Waals surface area (Å²) in [6.45, 7) is 8.34. The van der Waals surface area contributed by atoms with Crippen LogP contribution in [0.25, 0.3) is 5.76 Å². The fourth-order valence-electron chi connectivity index (χ4n) is 3.78. The number of benzene rings is 2. The molecule has 3 rings (SSSR count). The maximum atomic E-state index is 13.6. The van der Waals surface area contributed by atoms with E-state index in [-0.39, 0.29) is 30.1 Å². The average Bonchev–Trinajstić information content (AvgIpc) is 3.01. The molecule has 1 unspecified atom stereocenters. The highest BCUT2D eigenvalue weighted by atomic mass is 19.1. The van der Waals surface area contributed by atoms with Crippen LogP contribution in [0.3, 0.4) is 0 Å². The molecule has 0 bridgehead atoms. The molecule has 1 amide bonds. The molecule has 176 valence electrons. The Morgan fingerprint density at radius 1 is 1.00 bits per heavy atom. The van der Waals surface area contributed by atoms with Gasteiger partial charge in [-0.3, -0.25) is 9.59 Å². The number of rotatable bonds is 9. The summed E-state index contributed by atoms with van der Waals surface area (Å²) in [7, 11) is 0. The number of aliphatic hydroxyl groups excluding tert-OH is 1. The van der Waals surface area contributed by atoms with Gasteiger partial charge in [-0.25, -0.2) is 4.39 Å². The largest absolute Gasteiger partial charge is 0.507 e. The number of nitrogens with zero attached hydrogens (tertiary/aromatic N) is 1. The molecule has 0 saturated carbocycles. The van der Waals surface area contributed by atoms with E-state index >= 15 is 0 Å². The van der Waals surface area contributed by atoms with Gasteiger partial charge in [0, 0.05) is 18.7 Å². The van der Waals surface area contributed by atoms with Gasteiger partial charge < -0.3 is 19.5 Å². The molecule has 1 atom stereocenters. The first-order valence-electron chi connectivity index (χ1n) is 11.1. The minimum Gasteiger partial charge on any atom is -0.507 e. The zero-order valence-corrected chi connectivity index (χ0v) is 19.4. The summed E-state index contributed by atoms with van der Waals surface area (Å²) in [6.07, 6.45) is 0.563. The zero-order chi connectivity index (χ0) is 24.1. The molecule has 1 aliphatic rings. The minimum absolute atomic E-state index is 0.00655. The molecule has 7 heteroatoms. The highest BCUT2D eigenvalue weighted by Gasteiger charge is 2.45. The van der Waals surface area contributed by atoms with Gasteiger partial charge in [0.1, 0.15) is 17.3 Å². The first kappa shape index (κ1) is 24.5. The van der Waals surface area contributed by atoms with Gasteiger partial charge in [-0.15, -0.1) is 0 Å². The molecule has 1 N–H and O–H groups in total. The Labute approximate surface area is 193 Å². The third-order valence-corrected chi connectivity index (χ3v) is 5.22. The first-order chi connectivity index (χ1) is 15.7. The Kier molecular flexibility index (Phi) is 7.87. The van der Waals surface area contributed by atoms with Gasteiger partial charge in [0.15, 0.2) is 0 Å². The predicted molar refractivity (Wildman–Crippen MR) is 123 cm³/mol. The summed E-state index contributed by atoms with van der Waals surface area (Å²) in [5.41, 5.74) is 0.912. The van der Waals surface area contributed by atoms with Crippen molar-refractivity contribution >= 4 is 17.4 Å². The van der Waals surface area contributed by atoms with Crippen molar-refractivity contribution in [3.05, 3.63) is 71.0 Å². The van der Waals surface area contributed by atoms with Crippen molar-refractivity contribution in [3.8, 4) is 5.75 Å². The predicted octanol–water partition coefficient (Wildman–Crippen LogP) is 4.85. The number of Topliss-reactive ketones (excluding diaryl/α,β-unsaturated/α-hetero) is 1. The van der Waals surface area contributed by atoms with Crippen molar-refractivity contribution in [1.29, 1.82) is 0 Å². The van der Waals surface area contributed by atoms with Gasteiger partial charge in [-0.1, -0.05) is 12.1 Å². The number of carbonyl (C=O) groups excluding carboxylic acids is 2. The third kappa shape index (κ3) is 5.79. The molecule has 0 radical (unpaired) electrons. The fourth-order valence-corrected chi connectivity index (χ4v) is 3.78. The summed E-state index contributed by atoms with van der Waals surface area (Å²) in [4.78, 5) is 27.3. The van der Waals surface area contributed by atoms with Crippen LogP contribution in [0.15, 0.2) is 54.1 Å². The smallest absolute Gasteiger partial charge is 0.295 e. The Morgan fingerprint density at radius 3 is 2.21 bits per heavy atom. The van der Waals surface area contributed by atoms with Crippen LogP contribution >= 0.6 is 0 Å². The molecule has 33 heavy (non-hydrogen) atoms. The van der Waals surface area contributed by atoms with Gasteiger partial charge in [0.05, 0.1) is 23.8 Å². The van der Waals surface area contributed by atoms with E-state index in [9.17, 15) is 19.1 Å². The van der Waals surface area contributed by atoms with Crippen LogP contribution < -0.4 is 4.74 Å². The van der Waals surface area contributed by atoms with Crippen molar-refractivity contribution in [3.63, 3.8) is 0 Å². The second-order valence-corrected chi connectivity index (χ2v) is 8.51. The van der Waals surface area contributed by atoms with E-state index in [1.807, 2.05) is 27.7 Å². The maximum absolute atomic E-state index is 13.6. The molecule has 1 heterocycles. The van der Waals surface area contributed by atoms with Crippen LogP contribution in [-0.2, 0) is 14.3 Å². The lowest BCUT2D eigenvalue weighted by Crippen LogP contribution is -2.31. The fraction of sp³-hybridized carbons (Fsp3) is 0.385. The van der Waals surface area contributed by atoms with Crippen LogP contribution in [0.1, 0.15) is 51.3 Å². The first-order valence-corrected chi connectivity index (χ1v) is 11.1. The molecule has 2 aromatic carbocycles. The third-order valence-electron chi connectivity index (χ3n) is 5.22. The van der Waals surface area contributed by atoms with Crippen molar-refractivity contribution in [2.24, 2.45) is 0 Å². The summed E-state index contributed by atoms with van der Waals surface area (Å²) in [6, 6.07) is 11.4. The van der Waals surface area contributed by atoms with E-state index in [2.05, 4.69) is 0 Å². The summed E-state index contributed by atoms with van der Waals surface area (Å²) in [5, 5.41) is 11.1. The Bertz CT molecular complexity index is 1010. The monoisotopic (exact) mass is 455 g/mol. The highest BCUT2D eigenvalue weighted by Crippen LogP contribution is 2.39. The average molecular weight is 456 g/mol. The summed E-state index contributed by atoms with van der Waals surface area (Å²) in [5.74, 6) is -1.55. The van der Waals surface area contributed by atoms with E-state index < -0.39 is 23.5 Å². The molecule has 2 aromatic rings. The highest BCUT2D eigenvalue weighted by molar-refractivity contribution is 6.46. The summed E-state index contributed by atoms with van der Waals surface area (Å²) >= 11 is 0. The number of hydrogen-bond acceptors (Lipinski definition) is 5. The van der Waals surface area contributed by atoms with E-state index in [0.29, 0.717) is 29.9 Å². The Morgan fingerprint density at radius 2 is 1.64 bits per heavy atom. The van der Waals surface area contributed by atoms with E-state index in [1.165, 1.54) is 29.2 Å². The number of likely N-dealkylation sites (tertiary alicyclic amines) is 1. The van der Waals surface area contributed by atoms with Crippen LogP contribution in [0, 0.1) is 5.82 Å². The normalized spacial score (nSPS) is 17.9. The molecular formula is C26H30FNO5. The van der Waals surface area contributed by atoms with Crippen LogP contribution in [0.5, 0.6) is 5.75 Å². The number of halogens is 1. The molecule has 6 nitrogen and oxygen atoms in total. The zero-order valence-electron chi connectivity index (χ0n) is 19.4. The Balaban J connectivity index is 1.98. The van der Waals surface area contributed by atoms with Crippen molar-refractivity contribution in [1.82, 2.24) is 4.90 Å². The lowest BCUT2D eigenvalue weighted by Gasteiger charge is -2.25. The Hall–Kier alpha value is -3.19. The van der Waals surface area contributed by atoms with Crippen molar-refractivity contribution in [2.75, 3.05) is 13.2 Å². The standard InChI is InChI=1S/C26H30FNO5/c1-16(2)32-15-5-14-28-23(18-6-10-20(27)11-7-18)22(25(30)26(28)31)24(29)19-8-12-21(13-9-19)33-17(3)4/h6-13,16-17,23,29H,5,14-15H2,1-4H3/b24-22-. The van der Waals surface area contributed by atoms with Crippen LogP contribution in [0.2, 0.25) is 0 Å². The van der Waals surface area contributed by atoms with E-state index in [1.54, 1.807) is 24.3 Å². The minimum atomic E-state index is -0.823. The van der Waals surface area contributed by atoms with E-state index in [4.69, 9.17) is 9.47 Å². The van der Waals surface area contributed by atoms with Gasteiger partial charge in [0.25, 0.3) is 11.7 Å². The second-order valence-electron chi connectivity index (χ2n) is 8.51. The quantitative estimate of drug-likeness (QED) is 0.253. The molecule has 0 aromatic heterocycles. The van der Waals surface area contributed by atoms with Gasteiger partial charge >= 0.3 is 0 Å². The van der Waals surface area contributed by atoms with Gasteiger partial charge in [-0.2, -0.15) is 0 Å². The molecule has 1 fully saturated rings. The maximum Gasteiger partial charge on any atom is 0.295 e. The molecule has 1 saturated heterocycles. The van der Waals surface area contributed by atoms with Crippen LogP contribution in [-0.4, -0.2) is 47.1 Å². The number of ether oxygens (including phenoxy) is 2. The second kappa shape index (κ2) is 10.6. The molecule has 0 aliphatic carbocycles. The lowest BCUT2D eigenvalue weighted by molar-refractivity contribution is -0.140. The van der Waals surface area contributed by atoms with Gasteiger partial charge in [-0.05, 0) is 76.1 Å². The number of aliphatic hydroxyl groups is 1. The number of hydrogen-bond donors (Lipinski definition) is 1. The topological polar surface area (TPSA) is 76.1 Å². The van der Waals surface area contributed by atoms with E-state index in [0.717, 1.165) is 0 Å². The summed E-state index contributed by atoms with van der Waals surface area (Å²) < 4.78 is 24.7. The van der Waals surface area contributed by atoms with Crippen molar-refractivity contribution < 1.29 is 28.6 Å². The lowest BCUT2D eigenvalue weighted by atomic mass is 9.95. The molecular weight excluding hydrogens is 425 g/mol.